The standard InChI is InChI=1S/C20H17N7O2S/c1-3-27-10-17(29-26-27)24-16(28)11-30-20-15(9-22)18(14(8-21)19(23)25-20)13-6-4-12(2)5-7-13/h4-7,10H,3,11H2,1-2H3,(H2-,23,24,25,26,28). The van der Waals surface area contributed by atoms with Gasteiger partial charge in [0.05, 0.1) is 5.56 Å². The Morgan fingerprint density at radius 1 is 1.27 bits per heavy atom. The van der Waals surface area contributed by atoms with Gasteiger partial charge in [-0.15, -0.1) is 0 Å². The Labute approximate surface area is 177 Å². The van der Waals surface area contributed by atoms with E-state index in [1.807, 2.05) is 44.2 Å². The maximum absolute atomic E-state index is 12.2. The van der Waals surface area contributed by atoms with Crippen molar-refractivity contribution in [2.24, 2.45) is 4.99 Å². The number of nitrogens with zero attached hydrogens (tertiary/aromatic N) is 6. The van der Waals surface area contributed by atoms with Gasteiger partial charge in [0.25, 0.3) is 6.20 Å². The number of aryl methyl sites for hydroxylation is 2. The van der Waals surface area contributed by atoms with Crippen molar-refractivity contribution < 1.29 is 14.3 Å². The first kappa shape index (κ1) is 20.8. The van der Waals surface area contributed by atoms with Crippen LogP contribution in [0.2, 0.25) is 0 Å². The van der Waals surface area contributed by atoms with Crippen LogP contribution in [-0.2, 0) is 6.54 Å². The fraction of sp³-hybridized carbons (Fsp3) is 0.200. The third kappa shape index (κ3) is 4.40. The van der Waals surface area contributed by atoms with Gasteiger partial charge in [-0.2, -0.15) is 10.5 Å². The Bertz CT molecular complexity index is 1190. The highest BCUT2D eigenvalue weighted by molar-refractivity contribution is 8.00. The summed E-state index contributed by atoms with van der Waals surface area (Å²) < 4.78 is 6.46. The van der Waals surface area contributed by atoms with Gasteiger partial charge in [0.15, 0.2) is 6.54 Å². The van der Waals surface area contributed by atoms with Crippen molar-refractivity contribution in [3.05, 3.63) is 47.2 Å². The van der Waals surface area contributed by atoms with Crippen molar-refractivity contribution in [3.8, 4) is 23.3 Å². The third-order valence-corrected chi connectivity index (χ3v) is 5.11. The van der Waals surface area contributed by atoms with Gasteiger partial charge in [-0.25, -0.2) is 9.98 Å². The first-order valence-corrected chi connectivity index (χ1v) is 9.89. The van der Waals surface area contributed by atoms with Crippen LogP contribution >= 0.6 is 11.8 Å². The number of hydrogen-bond donors (Lipinski definition) is 1. The predicted molar refractivity (Wildman–Crippen MR) is 108 cm³/mol. The van der Waals surface area contributed by atoms with Crippen LogP contribution in [0.1, 0.15) is 23.6 Å². The quantitative estimate of drug-likeness (QED) is 0.275. The lowest BCUT2D eigenvalue weighted by Gasteiger charge is -2.14. The van der Waals surface area contributed by atoms with Gasteiger partial charge in [0.1, 0.15) is 28.5 Å². The summed E-state index contributed by atoms with van der Waals surface area (Å²) in [6.07, 6.45) is 1.51. The Kier molecular flexibility index (Phi) is 6.30. The van der Waals surface area contributed by atoms with Crippen molar-refractivity contribution in [2.75, 3.05) is 11.5 Å². The van der Waals surface area contributed by atoms with Crippen LogP contribution in [0.25, 0.3) is 11.1 Å². The van der Waals surface area contributed by atoms with Gasteiger partial charge in [0.2, 0.25) is 5.27 Å². The van der Waals surface area contributed by atoms with Gasteiger partial charge in [0, 0.05) is 11.3 Å². The molecule has 2 N–H and O–H groups in total. The van der Waals surface area contributed by atoms with Crippen molar-refractivity contribution in [1.82, 2.24) is 10.3 Å². The Hall–Kier alpha value is -3.89. The average molecular weight is 419 g/mol. The molecule has 2 heterocycles. The van der Waals surface area contributed by atoms with Gasteiger partial charge in [-0.1, -0.05) is 46.3 Å². The van der Waals surface area contributed by atoms with Crippen LogP contribution in [0.5, 0.6) is 0 Å². The van der Waals surface area contributed by atoms with Gasteiger partial charge >= 0.3 is 5.88 Å². The molecule has 0 spiro atoms. The number of aromatic nitrogens is 3. The zero-order valence-corrected chi connectivity index (χ0v) is 17.1. The van der Waals surface area contributed by atoms with E-state index in [1.54, 1.807) is 0 Å². The second kappa shape index (κ2) is 9.07. The largest absolute Gasteiger partial charge is 0.861 e. The monoisotopic (exact) mass is 419 g/mol. The molecule has 0 bridgehead atoms. The Morgan fingerprint density at radius 2 is 1.97 bits per heavy atom. The summed E-state index contributed by atoms with van der Waals surface area (Å²) in [7, 11) is 0. The summed E-state index contributed by atoms with van der Waals surface area (Å²) >= 11 is 1.02. The van der Waals surface area contributed by atoms with E-state index in [0.29, 0.717) is 17.7 Å². The lowest BCUT2D eigenvalue weighted by Crippen LogP contribution is -2.32. The van der Waals surface area contributed by atoms with E-state index in [0.717, 1.165) is 17.3 Å². The van der Waals surface area contributed by atoms with Gasteiger partial charge in [-0.05, 0) is 25.3 Å². The maximum Gasteiger partial charge on any atom is 0.320 e. The molecule has 3 rings (SSSR count). The molecule has 0 amide bonds. The minimum atomic E-state index is -0.482. The summed E-state index contributed by atoms with van der Waals surface area (Å²) in [5.41, 5.74) is 8.41. The SMILES string of the molecule is CC[n+]1cc(/N=C(\[O-])CSc2nc(N)c(C#N)c(-c3ccc(C)cc3)c2C#N)on1. The second-order valence-corrected chi connectivity index (χ2v) is 7.17. The van der Waals surface area contributed by atoms with Crippen molar-refractivity contribution >= 4 is 29.4 Å². The molecule has 9 nitrogen and oxygen atoms in total. The molecule has 0 aliphatic carbocycles. The van der Waals surface area contributed by atoms with Crippen molar-refractivity contribution in [3.63, 3.8) is 0 Å². The molecule has 0 fully saturated rings. The number of rotatable bonds is 6. The lowest BCUT2D eigenvalue weighted by atomic mass is 9.96. The first-order valence-electron chi connectivity index (χ1n) is 8.91. The number of benzene rings is 1. The summed E-state index contributed by atoms with van der Waals surface area (Å²) in [5, 5.41) is 35.5. The van der Waals surface area contributed by atoms with Crippen LogP contribution < -0.4 is 15.5 Å². The van der Waals surface area contributed by atoms with E-state index >= 15 is 0 Å². The number of pyridine rings is 1. The fourth-order valence-corrected chi connectivity index (χ4v) is 3.44. The molecule has 30 heavy (non-hydrogen) atoms. The average Bonchev–Trinajstić information content (AvgIpc) is 3.19. The molecule has 10 heteroatoms. The molecule has 150 valence electrons. The molecule has 0 saturated heterocycles. The molecule has 0 unspecified atom stereocenters. The van der Waals surface area contributed by atoms with Crippen LogP contribution in [0, 0.1) is 29.6 Å². The minimum Gasteiger partial charge on any atom is -0.861 e. The fourth-order valence-electron chi connectivity index (χ4n) is 2.66. The van der Waals surface area contributed by atoms with Gasteiger partial charge in [-0.3, -0.25) is 4.52 Å². The van der Waals surface area contributed by atoms with Crippen LogP contribution in [-0.4, -0.2) is 21.9 Å². The molecule has 0 saturated carbocycles. The number of anilines is 1. The smallest absolute Gasteiger partial charge is 0.320 e. The van der Waals surface area contributed by atoms with E-state index in [-0.39, 0.29) is 33.6 Å². The summed E-state index contributed by atoms with van der Waals surface area (Å²) in [5.74, 6) is -0.480. The van der Waals surface area contributed by atoms with E-state index in [2.05, 4.69) is 21.3 Å². The summed E-state index contributed by atoms with van der Waals surface area (Å²) in [4.78, 5) is 8.02. The highest BCUT2D eigenvalue weighted by atomic mass is 32.2. The van der Waals surface area contributed by atoms with Crippen LogP contribution in [0.4, 0.5) is 11.7 Å². The summed E-state index contributed by atoms with van der Waals surface area (Å²) in [6.45, 7) is 4.40. The molecule has 0 aliphatic rings. The molecule has 0 aliphatic heterocycles. The Morgan fingerprint density at radius 3 is 2.57 bits per heavy atom. The second-order valence-electron chi connectivity index (χ2n) is 6.21. The predicted octanol–water partition coefficient (Wildman–Crippen LogP) is 1.86. The zero-order chi connectivity index (χ0) is 21.7. The normalized spacial score (nSPS) is 11.1. The van der Waals surface area contributed by atoms with E-state index in [1.165, 1.54) is 10.9 Å². The number of nitriles is 2. The zero-order valence-electron chi connectivity index (χ0n) is 16.3. The number of nitrogen functional groups attached to an aromatic ring is 1. The maximum atomic E-state index is 12.2. The first-order chi connectivity index (χ1) is 14.5. The van der Waals surface area contributed by atoms with E-state index < -0.39 is 5.90 Å². The molecular weight excluding hydrogens is 402 g/mol. The number of thioether (sulfide) groups is 1. The molecule has 1 aromatic carbocycles. The van der Waals surface area contributed by atoms with Crippen molar-refractivity contribution in [2.45, 2.75) is 25.4 Å². The van der Waals surface area contributed by atoms with Crippen LogP contribution in [0.3, 0.4) is 0 Å². The van der Waals surface area contributed by atoms with Gasteiger partial charge < -0.3 is 10.8 Å². The molecule has 2 aromatic heterocycles. The lowest BCUT2D eigenvalue weighted by molar-refractivity contribution is -0.759. The third-order valence-electron chi connectivity index (χ3n) is 4.15. The van der Waals surface area contributed by atoms with E-state index in [9.17, 15) is 15.6 Å². The van der Waals surface area contributed by atoms with Crippen molar-refractivity contribution in [1.29, 1.82) is 10.5 Å². The highest BCUT2D eigenvalue weighted by Gasteiger charge is 2.20. The highest BCUT2D eigenvalue weighted by Crippen LogP contribution is 2.35. The minimum absolute atomic E-state index is 0.00168. The molecule has 3 aromatic rings. The number of nitrogens with two attached hydrogens (primary N) is 1. The summed E-state index contributed by atoms with van der Waals surface area (Å²) in [6, 6.07) is 11.5. The molecular formula is C20H17N7O2S. The molecule has 0 radical (unpaired) electrons. The van der Waals surface area contributed by atoms with E-state index in [4.69, 9.17) is 10.3 Å². The number of aliphatic imine (C=N–C) groups is 1. The molecule has 0 atom stereocenters. The number of hydrogen-bond acceptors (Lipinski definition) is 9. The van der Waals surface area contributed by atoms with Crippen LogP contribution in [0.15, 0.2) is 45.0 Å². The Balaban J connectivity index is 1.96. The topological polar surface area (TPSA) is 152 Å².